The van der Waals surface area contributed by atoms with E-state index in [9.17, 15) is 4.79 Å². The van der Waals surface area contributed by atoms with Crippen LogP contribution in [0.25, 0.3) is 33.3 Å². The fraction of sp³-hybridized carbons (Fsp3) is 0.105. The summed E-state index contributed by atoms with van der Waals surface area (Å²) in [5, 5.41) is 1.68. The number of aryl methyl sites for hydroxylation is 1. The van der Waals surface area contributed by atoms with Gasteiger partial charge in [-0.1, -0.05) is 23.8 Å². The quantitative estimate of drug-likeness (QED) is 0.511. The van der Waals surface area contributed by atoms with Gasteiger partial charge in [0.15, 0.2) is 11.5 Å². The van der Waals surface area contributed by atoms with Crippen molar-refractivity contribution >= 4 is 21.9 Å². The van der Waals surface area contributed by atoms with Crippen LogP contribution in [0.1, 0.15) is 5.56 Å². The summed E-state index contributed by atoms with van der Waals surface area (Å²) in [6.45, 7) is 1.99. The Labute approximate surface area is 131 Å². The minimum absolute atomic E-state index is 0.358. The van der Waals surface area contributed by atoms with E-state index in [1.165, 1.54) is 0 Å². The van der Waals surface area contributed by atoms with Crippen LogP contribution in [0.3, 0.4) is 0 Å². The SMILES string of the molecule is COc1c(-c2cc3cc(C)ccc3oc2=O)oc2ccccc12. The number of benzene rings is 2. The van der Waals surface area contributed by atoms with Crippen LogP contribution >= 0.6 is 0 Å². The minimum Gasteiger partial charge on any atom is -0.492 e. The fourth-order valence-electron chi connectivity index (χ4n) is 2.80. The fourth-order valence-corrected chi connectivity index (χ4v) is 2.80. The van der Waals surface area contributed by atoms with Gasteiger partial charge < -0.3 is 13.6 Å². The lowest BCUT2D eigenvalue weighted by Gasteiger charge is -2.03. The van der Waals surface area contributed by atoms with E-state index >= 15 is 0 Å². The minimum atomic E-state index is -0.446. The number of hydrogen-bond donors (Lipinski definition) is 0. The van der Waals surface area contributed by atoms with Crippen LogP contribution in [0, 0.1) is 6.92 Å². The third-order valence-corrected chi connectivity index (χ3v) is 3.89. The molecule has 0 atom stereocenters. The second-order valence-electron chi connectivity index (χ2n) is 5.45. The molecular weight excluding hydrogens is 292 g/mol. The number of fused-ring (bicyclic) bond motifs is 2. The highest BCUT2D eigenvalue weighted by Crippen LogP contribution is 2.39. The van der Waals surface area contributed by atoms with Gasteiger partial charge in [0, 0.05) is 5.39 Å². The highest BCUT2D eigenvalue weighted by Gasteiger charge is 2.20. The molecule has 0 fully saturated rings. The first-order chi connectivity index (χ1) is 11.2. The number of hydrogen-bond acceptors (Lipinski definition) is 4. The molecule has 0 amide bonds. The second-order valence-corrected chi connectivity index (χ2v) is 5.45. The number of methoxy groups -OCH3 is 1. The molecule has 0 saturated heterocycles. The van der Waals surface area contributed by atoms with Crippen molar-refractivity contribution in [3.8, 4) is 17.1 Å². The van der Waals surface area contributed by atoms with Gasteiger partial charge in [-0.05, 0) is 37.3 Å². The Morgan fingerprint density at radius 3 is 2.61 bits per heavy atom. The first kappa shape index (κ1) is 13.6. The molecule has 4 nitrogen and oxygen atoms in total. The van der Waals surface area contributed by atoms with E-state index in [1.54, 1.807) is 19.2 Å². The van der Waals surface area contributed by atoms with Crippen LogP contribution in [0.15, 0.2) is 62.2 Å². The van der Waals surface area contributed by atoms with Crippen LogP contribution in [0.4, 0.5) is 0 Å². The third kappa shape index (κ3) is 2.11. The summed E-state index contributed by atoms with van der Waals surface area (Å²) in [6, 6.07) is 15.0. The average Bonchev–Trinajstić information content (AvgIpc) is 2.93. The third-order valence-electron chi connectivity index (χ3n) is 3.89. The molecule has 0 radical (unpaired) electrons. The largest absolute Gasteiger partial charge is 0.492 e. The lowest BCUT2D eigenvalue weighted by atomic mass is 10.1. The molecule has 114 valence electrons. The molecule has 0 N–H and O–H groups in total. The van der Waals surface area contributed by atoms with Crippen molar-refractivity contribution in [2.45, 2.75) is 6.92 Å². The maximum absolute atomic E-state index is 12.4. The normalized spacial score (nSPS) is 11.2. The van der Waals surface area contributed by atoms with Crippen molar-refractivity contribution in [1.29, 1.82) is 0 Å². The van der Waals surface area contributed by atoms with Gasteiger partial charge in [0.1, 0.15) is 16.7 Å². The monoisotopic (exact) mass is 306 g/mol. The van der Waals surface area contributed by atoms with Gasteiger partial charge in [-0.2, -0.15) is 0 Å². The van der Waals surface area contributed by atoms with Crippen molar-refractivity contribution < 1.29 is 13.6 Å². The molecule has 4 rings (SSSR count). The number of para-hydroxylation sites is 1. The van der Waals surface area contributed by atoms with Crippen molar-refractivity contribution in [2.24, 2.45) is 0 Å². The lowest BCUT2D eigenvalue weighted by molar-refractivity contribution is 0.413. The van der Waals surface area contributed by atoms with E-state index in [2.05, 4.69) is 0 Å². The average molecular weight is 306 g/mol. The molecule has 0 bridgehead atoms. The number of furan rings is 1. The first-order valence-electron chi connectivity index (χ1n) is 7.28. The van der Waals surface area contributed by atoms with Gasteiger partial charge in [0.2, 0.25) is 0 Å². The summed E-state index contributed by atoms with van der Waals surface area (Å²) in [7, 11) is 1.56. The molecule has 0 aliphatic heterocycles. The Balaban J connectivity index is 2.05. The van der Waals surface area contributed by atoms with Crippen LogP contribution < -0.4 is 10.4 Å². The Hall–Kier alpha value is -3.01. The van der Waals surface area contributed by atoms with Gasteiger partial charge >= 0.3 is 5.63 Å². The molecule has 2 aromatic heterocycles. The highest BCUT2D eigenvalue weighted by atomic mass is 16.5. The van der Waals surface area contributed by atoms with E-state index in [1.807, 2.05) is 43.3 Å². The van der Waals surface area contributed by atoms with Crippen LogP contribution in [0.2, 0.25) is 0 Å². The molecule has 0 aliphatic rings. The predicted octanol–water partition coefficient (Wildman–Crippen LogP) is 4.52. The van der Waals surface area contributed by atoms with Crippen LogP contribution in [0.5, 0.6) is 5.75 Å². The van der Waals surface area contributed by atoms with Gasteiger partial charge in [-0.25, -0.2) is 4.79 Å². The molecule has 0 aliphatic carbocycles. The second kappa shape index (κ2) is 5.02. The topological polar surface area (TPSA) is 52.6 Å². The molecule has 0 unspecified atom stereocenters. The predicted molar refractivity (Wildman–Crippen MR) is 89.0 cm³/mol. The van der Waals surface area contributed by atoms with E-state index in [0.29, 0.717) is 28.2 Å². The zero-order valence-corrected chi connectivity index (χ0v) is 12.8. The lowest BCUT2D eigenvalue weighted by Crippen LogP contribution is -2.03. The van der Waals surface area contributed by atoms with E-state index in [0.717, 1.165) is 16.3 Å². The van der Waals surface area contributed by atoms with Crippen molar-refractivity contribution in [2.75, 3.05) is 7.11 Å². The molecule has 4 aromatic rings. The van der Waals surface area contributed by atoms with Crippen molar-refractivity contribution in [3.05, 3.63) is 64.5 Å². The molecule has 2 heterocycles. The Morgan fingerprint density at radius 2 is 1.78 bits per heavy atom. The Morgan fingerprint density at radius 1 is 0.957 bits per heavy atom. The highest BCUT2D eigenvalue weighted by molar-refractivity contribution is 5.92. The molecule has 0 spiro atoms. The van der Waals surface area contributed by atoms with Gasteiger partial charge in [-0.15, -0.1) is 0 Å². The Bertz CT molecular complexity index is 1090. The maximum Gasteiger partial charge on any atom is 0.347 e. The van der Waals surface area contributed by atoms with Crippen LogP contribution in [-0.2, 0) is 0 Å². The van der Waals surface area contributed by atoms with Crippen LogP contribution in [-0.4, -0.2) is 7.11 Å². The summed E-state index contributed by atoms with van der Waals surface area (Å²) in [5.41, 5.74) is 2.23. The zero-order chi connectivity index (χ0) is 16.0. The maximum atomic E-state index is 12.4. The first-order valence-corrected chi connectivity index (χ1v) is 7.28. The van der Waals surface area contributed by atoms with Gasteiger partial charge in [0.25, 0.3) is 0 Å². The van der Waals surface area contributed by atoms with E-state index in [4.69, 9.17) is 13.6 Å². The molecule has 23 heavy (non-hydrogen) atoms. The summed E-state index contributed by atoms with van der Waals surface area (Å²) in [5.74, 6) is 0.936. The summed E-state index contributed by atoms with van der Waals surface area (Å²) in [4.78, 5) is 12.4. The van der Waals surface area contributed by atoms with Gasteiger partial charge in [-0.3, -0.25) is 0 Å². The molecular formula is C19H14O4. The molecule has 2 aromatic carbocycles. The number of rotatable bonds is 2. The van der Waals surface area contributed by atoms with Crippen molar-refractivity contribution in [1.82, 2.24) is 0 Å². The Kier molecular flexibility index (Phi) is 2.98. The van der Waals surface area contributed by atoms with E-state index < -0.39 is 5.63 Å². The summed E-state index contributed by atoms with van der Waals surface area (Å²) < 4.78 is 16.7. The standard InChI is InChI=1S/C19H14O4/c1-11-7-8-15-12(9-11)10-14(19(20)23-15)18-17(21-2)13-5-3-4-6-16(13)22-18/h3-10H,1-2H3. The summed E-state index contributed by atoms with van der Waals surface area (Å²) >= 11 is 0. The van der Waals surface area contributed by atoms with E-state index in [-0.39, 0.29) is 0 Å². The van der Waals surface area contributed by atoms with Gasteiger partial charge in [0.05, 0.1) is 12.5 Å². The summed E-state index contributed by atoms with van der Waals surface area (Å²) in [6.07, 6.45) is 0. The zero-order valence-electron chi connectivity index (χ0n) is 12.8. The smallest absolute Gasteiger partial charge is 0.347 e. The number of ether oxygens (including phenoxy) is 1. The molecule has 4 heteroatoms. The molecule has 0 saturated carbocycles. The van der Waals surface area contributed by atoms with Crippen molar-refractivity contribution in [3.63, 3.8) is 0 Å².